The topological polar surface area (TPSA) is 66.1 Å². The number of pyridine rings is 1. The Kier molecular flexibility index (Phi) is 4.76. The van der Waals surface area contributed by atoms with Crippen molar-refractivity contribution in [2.75, 3.05) is 7.11 Å². The molecule has 0 bridgehead atoms. The van der Waals surface area contributed by atoms with Crippen LogP contribution in [0, 0.1) is 6.92 Å². The molecule has 0 saturated heterocycles. The van der Waals surface area contributed by atoms with Gasteiger partial charge in [0.15, 0.2) is 0 Å². The molecule has 0 unspecified atom stereocenters. The molecule has 0 amide bonds. The van der Waals surface area contributed by atoms with Crippen LogP contribution in [-0.2, 0) is 18.3 Å². The van der Waals surface area contributed by atoms with Gasteiger partial charge in [-0.25, -0.2) is 4.79 Å². The molecule has 0 atom stereocenters. The first-order valence-corrected chi connectivity index (χ1v) is 9.29. The number of hydrogen-bond donors (Lipinski definition) is 0. The fourth-order valence-corrected chi connectivity index (χ4v) is 3.69. The molecule has 0 aliphatic rings. The van der Waals surface area contributed by atoms with Crippen LogP contribution in [0.4, 0.5) is 0 Å². The minimum absolute atomic E-state index is 0.101. The van der Waals surface area contributed by atoms with Gasteiger partial charge in [0, 0.05) is 18.5 Å². The lowest BCUT2D eigenvalue weighted by atomic mass is 10.0. The van der Waals surface area contributed by atoms with Gasteiger partial charge in [-0.2, -0.15) is 5.10 Å². The van der Waals surface area contributed by atoms with Crippen LogP contribution in [0.3, 0.4) is 0 Å². The Labute approximate surface area is 168 Å². The van der Waals surface area contributed by atoms with E-state index in [0.29, 0.717) is 12.1 Å². The number of carbonyl (C=O) groups excluding carboxylic acids is 1. The second kappa shape index (κ2) is 7.39. The first-order chi connectivity index (χ1) is 14.0. The molecule has 0 radical (unpaired) electrons. The molecular weight excluding hydrogens is 366 g/mol. The number of nitrogens with zero attached hydrogens (tertiary/aromatic N) is 3. The van der Waals surface area contributed by atoms with Gasteiger partial charge in [0.2, 0.25) is 0 Å². The van der Waals surface area contributed by atoms with Crippen molar-refractivity contribution in [3.63, 3.8) is 0 Å². The van der Waals surface area contributed by atoms with Gasteiger partial charge in [-0.15, -0.1) is 0 Å². The zero-order chi connectivity index (χ0) is 20.5. The van der Waals surface area contributed by atoms with E-state index in [1.807, 2.05) is 56.4 Å². The first kappa shape index (κ1) is 18.7. The molecule has 2 aromatic heterocycles. The van der Waals surface area contributed by atoms with E-state index in [2.05, 4.69) is 5.10 Å². The number of benzene rings is 2. The van der Waals surface area contributed by atoms with Crippen molar-refractivity contribution in [1.29, 1.82) is 0 Å². The number of ether oxygens (including phenoxy) is 1. The maximum Gasteiger partial charge on any atom is 0.337 e. The monoisotopic (exact) mass is 387 g/mol. The summed E-state index contributed by atoms with van der Waals surface area (Å²) in [5, 5.41) is 5.53. The molecule has 6 heteroatoms. The van der Waals surface area contributed by atoms with Gasteiger partial charge in [-0.1, -0.05) is 42.5 Å². The molecule has 2 heterocycles. The van der Waals surface area contributed by atoms with Gasteiger partial charge in [-0.05, 0) is 35.7 Å². The minimum atomic E-state index is -0.384. The van der Waals surface area contributed by atoms with Gasteiger partial charge in [-0.3, -0.25) is 14.0 Å². The highest BCUT2D eigenvalue weighted by atomic mass is 16.5. The first-order valence-electron chi connectivity index (χ1n) is 9.29. The standard InChI is InChI=1S/C23H21N3O3/c1-15-21-19(17-7-5-4-6-8-17)13-20(27)26(22(21)25(2)24-15)14-16-9-11-18(12-10-16)23(28)29-3/h4-13H,14H2,1-3H3. The summed E-state index contributed by atoms with van der Waals surface area (Å²) in [5.41, 5.74) is 4.80. The van der Waals surface area contributed by atoms with E-state index in [1.54, 1.807) is 27.4 Å². The molecule has 0 N–H and O–H groups in total. The molecule has 0 fully saturated rings. The molecule has 0 saturated carbocycles. The summed E-state index contributed by atoms with van der Waals surface area (Å²) in [6, 6.07) is 18.6. The lowest BCUT2D eigenvalue weighted by Crippen LogP contribution is -2.22. The normalized spacial score (nSPS) is 11.0. The van der Waals surface area contributed by atoms with Gasteiger partial charge in [0.1, 0.15) is 5.65 Å². The summed E-state index contributed by atoms with van der Waals surface area (Å²) in [4.78, 5) is 24.7. The third-order valence-electron chi connectivity index (χ3n) is 5.05. The molecular formula is C23H21N3O3. The molecule has 146 valence electrons. The molecule has 0 aliphatic heterocycles. The van der Waals surface area contributed by atoms with Crippen LogP contribution in [0.25, 0.3) is 22.2 Å². The Morgan fingerprint density at radius 2 is 1.76 bits per heavy atom. The highest BCUT2D eigenvalue weighted by Gasteiger charge is 2.17. The van der Waals surface area contributed by atoms with Crippen molar-refractivity contribution in [3.8, 4) is 11.1 Å². The number of methoxy groups -OCH3 is 1. The van der Waals surface area contributed by atoms with Crippen molar-refractivity contribution >= 4 is 17.0 Å². The van der Waals surface area contributed by atoms with Crippen LogP contribution in [0.15, 0.2) is 65.5 Å². The maximum atomic E-state index is 13.1. The Morgan fingerprint density at radius 1 is 1.07 bits per heavy atom. The Morgan fingerprint density at radius 3 is 2.41 bits per heavy atom. The minimum Gasteiger partial charge on any atom is -0.465 e. The predicted molar refractivity (Wildman–Crippen MR) is 112 cm³/mol. The van der Waals surface area contributed by atoms with E-state index >= 15 is 0 Å². The van der Waals surface area contributed by atoms with Gasteiger partial charge >= 0.3 is 5.97 Å². The summed E-state index contributed by atoms with van der Waals surface area (Å²) in [6.07, 6.45) is 0. The van der Waals surface area contributed by atoms with Crippen molar-refractivity contribution in [1.82, 2.24) is 14.3 Å². The highest BCUT2D eigenvalue weighted by Crippen LogP contribution is 2.29. The fraction of sp³-hybridized carbons (Fsp3) is 0.174. The number of aryl methyl sites for hydroxylation is 2. The Bertz CT molecular complexity index is 1250. The molecule has 0 spiro atoms. The summed E-state index contributed by atoms with van der Waals surface area (Å²) in [5.74, 6) is -0.384. The maximum absolute atomic E-state index is 13.1. The van der Waals surface area contributed by atoms with E-state index in [-0.39, 0.29) is 11.5 Å². The number of esters is 1. The molecule has 6 nitrogen and oxygen atoms in total. The Balaban J connectivity index is 1.85. The lowest BCUT2D eigenvalue weighted by Gasteiger charge is -2.13. The summed E-state index contributed by atoms with van der Waals surface area (Å²) >= 11 is 0. The third kappa shape index (κ3) is 3.33. The van der Waals surface area contributed by atoms with E-state index in [0.717, 1.165) is 33.4 Å². The van der Waals surface area contributed by atoms with Crippen LogP contribution < -0.4 is 5.56 Å². The quantitative estimate of drug-likeness (QED) is 0.503. The van der Waals surface area contributed by atoms with E-state index in [9.17, 15) is 9.59 Å². The van der Waals surface area contributed by atoms with Crippen LogP contribution in [-0.4, -0.2) is 27.4 Å². The number of rotatable bonds is 4. The van der Waals surface area contributed by atoms with Crippen molar-refractivity contribution < 1.29 is 9.53 Å². The number of carbonyl (C=O) groups is 1. The predicted octanol–water partition coefficient (Wildman–Crippen LogP) is 3.55. The van der Waals surface area contributed by atoms with Gasteiger partial charge < -0.3 is 4.74 Å². The second-order valence-electron chi connectivity index (χ2n) is 6.94. The van der Waals surface area contributed by atoms with E-state index in [4.69, 9.17) is 4.74 Å². The van der Waals surface area contributed by atoms with Crippen molar-refractivity contribution in [2.45, 2.75) is 13.5 Å². The molecule has 4 aromatic rings. The highest BCUT2D eigenvalue weighted by molar-refractivity contribution is 5.95. The number of aromatic nitrogens is 3. The number of fused-ring (bicyclic) bond motifs is 1. The van der Waals surface area contributed by atoms with Gasteiger partial charge in [0.25, 0.3) is 5.56 Å². The smallest absolute Gasteiger partial charge is 0.337 e. The zero-order valence-electron chi connectivity index (χ0n) is 16.5. The lowest BCUT2D eigenvalue weighted by molar-refractivity contribution is 0.0600. The molecule has 2 aromatic carbocycles. The fourth-order valence-electron chi connectivity index (χ4n) is 3.69. The molecule has 4 rings (SSSR count). The van der Waals surface area contributed by atoms with Crippen LogP contribution in [0.5, 0.6) is 0 Å². The second-order valence-corrected chi connectivity index (χ2v) is 6.94. The van der Waals surface area contributed by atoms with Crippen molar-refractivity contribution in [3.05, 3.63) is 87.8 Å². The van der Waals surface area contributed by atoms with Crippen molar-refractivity contribution in [2.24, 2.45) is 7.05 Å². The number of hydrogen-bond acceptors (Lipinski definition) is 4. The van der Waals surface area contributed by atoms with E-state index < -0.39 is 0 Å². The zero-order valence-corrected chi connectivity index (χ0v) is 16.5. The third-order valence-corrected chi connectivity index (χ3v) is 5.05. The molecule has 0 aliphatic carbocycles. The summed E-state index contributed by atoms with van der Waals surface area (Å²) in [7, 11) is 3.20. The molecule has 29 heavy (non-hydrogen) atoms. The summed E-state index contributed by atoms with van der Waals surface area (Å²) < 4.78 is 8.21. The summed E-state index contributed by atoms with van der Waals surface area (Å²) in [6.45, 7) is 2.33. The van der Waals surface area contributed by atoms with Crippen LogP contribution >= 0.6 is 0 Å². The van der Waals surface area contributed by atoms with Crippen LogP contribution in [0.2, 0.25) is 0 Å². The Hall–Kier alpha value is -3.67. The van der Waals surface area contributed by atoms with E-state index in [1.165, 1.54) is 7.11 Å². The van der Waals surface area contributed by atoms with Gasteiger partial charge in [0.05, 0.1) is 24.9 Å². The largest absolute Gasteiger partial charge is 0.465 e. The van der Waals surface area contributed by atoms with Crippen LogP contribution in [0.1, 0.15) is 21.6 Å². The SMILES string of the molecule is COC(=O)c1ccc(Cn2c(=O)cc(-c3ccccc3)c3c(C)nn(C)c32)cc1. The average Bonchev–Trinajstić information content (AvgIpc) is 3.04. The average molecular weight is 387 g/mol.